The Morgan fingerprint density at radius 2 is 1.88 bits per heavy atom. The SMILES string of the molecule is CCc1cn2c(O)c(CC)c(CC)nc2n1. The quantitative estimate of drug-likeness (QED) is 0.860. The molecule has 0 saturated carbocycles. The summed E-state index contributed by atoms with van der Waals surface area (Å²) in [6, 6.07) is 0. The summed E-state index contributed by atoms with van der Waals surface area (Å²) >= 11 is 0. The monoisotopic (exact) mass is 219 g/mol. The minimum Gasteiger partial charge on any atom is -0.494 e. The summed E-state index contributed by atoms with van der Waals surface area (Å²) in [5.74, 6) is 0.889. The van der Waals surface area contributed by atoms with Crippen molar-refractivity contribution in [2.45, 2.75) is 40.0 Å². The van der Waals surface area contributed by atoms with E-state index in [-0.39, 0.29) is 5.88 Å². The van der Waals surface area contributed by atoms with Crippen LogP contribution in [0.25, 0.3) is 5.78 Å². The molecule has 0 aromatic carbocycles. The van der Waals surface area contributed by atoms with E-state index < -0.39 is 0 Å². The molecule has 4 nitrogen and oxygen atoms in total. The first-order valence-corrected chi connectivity index (χ1v) is 5.79. The third-order valence-corrected chi connectivity index (χ3v) is 2.87. The Kier molecular flexibility index (Phi) is 2.81. The van der Waals surface area contributed by atoms with Crippen LogP contribution in [0.4, 0.5) is 0 Å². The van der Waals surface area contributed by atoms with Crippen LogP contribution in [-0.4, -0.2) is 19.5 Å². The molecule has 0 aliphatic rings. The highest BCUT2D eigenvalue weighted by Gasteiger charge is 2.13. The predicted octanol–water partition coefficient (Wildman–Crippen LogP) is 2.12. The molecule has 86 valence electrons. The van der Waals surface area contributed by atoms with Gasteiger partial charge in [-0.25, -0.2) is 9.97 Å². The molecule has 1 N–H and O–H groups in total. The third kappa shape index (κ3) is 1.54. The molecule has 0 radical (unpaired) electrons. The summed E-state index contributed by atoms with van der Waals surface area (Å²) < 4.78 is 1.68. The number of aromatic hydroxyl groups is 1. The van der Waals surface area contributed by atoms with Crippen molar-refractivity contribution in [3.63, 3.8) is 0 Å². The fourth-order valence-corrected chi connectivity index (χ4v) is 1.94. The van der Waals surface area contributed by atoms with Gasteiger partial charge in [0.2, 0.25) is 11.7 Å². The lowest BCUT2D eigenvalue weighted by molar-refractivity contribution is 0.436. The van der Waals surface area contributed by atoms with Crippen molar-refractivity contribution in [3.05, 3.63) is 23.1 Å². The van der Waals surface area contributed by atoms with Gasteiger partial charge in [0, 0.05) is 11.8 Å². The smallest absolute Gasteiger partial charge is 0.237 e. The second-order valence-electron chi connectivity index (χ2n) is 3.82. The van der Waals surface area contributed by atoms with E-state index >= 15 is 0 Å². The first-order chi connectivity index (χ1) is 7.71. The van der Waals surface area contributed by atoms with Crippen molar-refractivity contribution in [2.24, 2.45) is 0 Å². The van der Waals surface area contributed by atoms with Crippen molar-refractivity contribution in [3.8, 4) is 5.88 Å². The standard InChI is InChI=1S/C12H17N3O/c1-4-8-7-15-11(16)9(5-2)10(6-3)14-12(15)13-8/h7,16H,4-6H2,1-3H3. The number of imidazole rings is 1. The van der Waals surface area contributed by atoms with Gasteiger partial charge >= 0.3 is 0 Å². The maximum atomic E-state index is 10.2. The maximum Gasteiger partial charge on any atom is 0.237 e. The van der Waals surface area contributed by atoms with Crippen LogP contribution in [0.1, 0.15) is 37.7 Å². The van der Waals surface area contributed by atoms with Crippen LogP contribution < -0.4 is 0 Å². The topological polar surface area (TPSA) is 50.4 Å². The largest absolute Gasteiger partial charge is 0.494 e. The lowest BCUT2D eigenvalue weighted by Gasteiger charge is -2.08. The lowest BCUT2D eigenvalue weighted by Crippen LogP contribution is -2.01. The van der Waals surface area contributed by atoms with Gasteiger partial charge in [-0.15, -0.1) is 0 Å². The fraction of sp³-hybridized carbons (Fsp3) is 0.500. The average molecular weight is 219 g/mol. The number of aromatic nitrogens is 3. The number of aryl methyl sites for hydroxylation is 2. The molecule has 16 heavy (non-hydrogen) atoms. The van der Waals surface area contributed by atoms with Crippen LogP contribution in [0.2, 0.25) is 0 Å². The highest BCUT2D eigenvalue weighted by Crippen LogP contribution is 2.23. The molecule has 4 heteroatoms. The zero-order valence-corrected chi connectivity index (χ0v) is 9.99. The zero-order valence-electron chi connectivity index (χ0n) is 9.99. The molecule has 2 heterocycles. The van der Waals surface area contributed by atoms with Gasteiger partial charge in [-0.3, -0.25) is 4.40 Å². The zero-order chi connectivity index (χ0) is 11.7. The summed E-state index contributed by atoms with van der Waals surface area (Å²) in [5, 5.41) is 10.2. The molecular weight excluding hydrogens is 202 g/mol. The van der Waals surface area contributed by atoms with E-state index in [1.807, 2.05) is 27.0 Å². The summed E-state index contributed by atoms with van der Waals surface area (Å²) in [4.78, 5) is 8.85. The highest BCUT2D eigenvalue weighted by molar-refractivity contribution is 5.43. The van der Waals surface area contributed by atoms with Gasteiger partial charge in [-0.05, 0) is 19.3 Å². The minimum atomic E-state index is 0.288. The van der Waals surface area contributed by atoms with Gasteiger partial charge in [0.1, 0.15) is 0 Å². The lowest BCUT2D eigenvalue weighted by atomic mass is 10.1. The number of nitrogens with zero attached hydrogens (tertiary/aromatic N) is 3. The molecule has 0 bridgehead atoms. The van der Waals surface area contributed by atoms with Gasteiger partial charge < -0.3 is 5.11 Å². The first kappa shape index (κ1) is 10.9. The van der Waals surface area contributed by atoms with Gasteiger partial charge in [-0.1, -0.05) is 20.8 Å². The van der Waals surface area contributed by atoms with Crippen LogP contribution in [0, 0.1) is 0 Å². The van der Waals surface area contributed by atoms with Gasteiger partial charge in [0.25, 0.3) is 0 Å². The number of hydrogen-bond donors (Lipinski definition) is 1. The Morgan fingerprint density at radius 3 is 2.44 bits per heavy atom. The summed E-state index contributed by atoms with van der Waals surface area (Å²) in [6.45, 7) is 6.11. The Morgan fingerprint density at radius 1 is 1.12 bits per heavy atom. The van der Waals surface area contributed by atoms with Crippen molar-refractivity contribution >= 4 is 5.78 Å². The first-order valence-electron chi connectivity index (χ1n) is 5.79. The molecule has 2 aromatic heterocycles. The molecule has 0 unspecified atom stereocenters. The highest BCUT2D eigenvalue weighted by atomic mass is 16.3. The molecule has 2 rings (SSSR count). The van der Waals surface area contributed by atoms with Crippen LogP contribution in [0.15, 0.2) is 6.20 Å². The predicted molar refractivity (Wildman–Crippen MR) is 62.8 cm³/mol. The van der Waals surface area contributed by atoms with Crippen molar-refractivity contribution in [1.82, 2.24) is 14.4 Å². The summed E-state index contributed by atoms with van der Waals surface area (Å²) in [7, 11) is 0. The summed E-state index contributed by atoms with van der Waals surface area (Å²) in [5.41, 5.74) is 2.83. The molecule has 0 fully saturated rings. The Labute approximate surface area is 95.0 Å². The molecule has 0 aliphatic carbocycles. The maximum absolute atomic E-state index is 10.2. The van der Waals surface area contributed by atoms with Crippen LogP contribution in [0.3, 0.4) is 0 Å². The Hall–Kier alpha value is -1.58. The van der Waals surface area contributed by atoms with E-state index in [2.05, 4.69) is 9.97 Å². The summed E-state index contributed by atoms with van der Waals surface area (Å²) in [6.07, 6.45) is 4.32. The minimum absolute atomic E-state index is 0.288. The Bertz CT molecular complexity index is 516. The molecule has 0 amide bonds. The second kappa shape index (κ2) is 4.12. The van der Waals surface area contributed by atoms with Gasteiger partial charge in [0.15, 0.2) is 0 Å². The normalized spacial score (nSPS) is 11.2. The average Bonchev–Trinajstić information content (AvgIpc) is 2.72. The fourth-order valence-electron chi connectivity index (χ4n) is 1.94. The number of fused-ring (bicyclic) bond motifs is 1. The third-order valence-electron chi connectivity index (χ3n) is 2.87. The molecule has 0 spiro atoms. The van der Waals surface area contributed by atoms with Crippen molar-refractivity contribution in [2.75, 3.05) is 0 Å². The van der Waals surface area contributed by atoms with Crippen molar-refractivity contribution < 1.29 is 5.11 Å². The van der Waals surface area contributed by atoms with Crippen LogP contribution in [-0.2, 0) is 19.3 Å². The molecule has 2 aromatic rings. The molecular formula is C12H17N3O. The van der Waals surface area contributed by atoms with E-state index in [1.54, 1.807) is 4.40 Å². The number of hydrogen-bond acceptors (Lipinski definition) is 3. The van der Waals surface area contributed by atoms with Crippen LogP contribution >= 0.6 is 0 Å². The number of rotatable bonds is 3. The van der Waals surface area contributed by atoms with E-state index in [9.17, 15) is 5.11 Å². The van der Waals surface area contributed by atoms with Crippen molar-refractivity contribution in [1.29, 1.82) is 0 Å². The second-order valence-corrected chi connectivity index (χ2v) is 3.82. The van der Waals surface area contributed by atoms with E-state index in [0.29, 0.717) is 5.78 Å². The molecule has 0 saturated heterocycles. The molecule has 0 aliphatic heterocycles. The van der Waals surface area contributed by atoms with E-state index in [0.717, 1.165) is 36.2 Å². The van der Waals surface area contributed by atoms with Gasteiger partial charge in [-0.2, -0.15) is 0 Å². The van der Waals surface area contributed by atoms with Crippen LogP contribution in [0.5, 0.6) is 5.88 Å². The van der Waals surface area contributed by atoms with E-state index in [4.69, 9.17) is 0 Å². The van der Waals surface area contributed by atoms with E-state index in [1.165, 1.54) is 0 Å². The molecule has 0 atom stereocenters. The Balaban J connectivity index is 2.74. The van der Waals surface area contributed by atoms with Gasteiger partial charge in [0.05, 0.1) is 11.4 Å².